The van der Waals surface area contributed by atoms with Gasteiger partial charge in [0.2, 0.25) is 5.91 Å². The molecule has 148 valence electrons. The standard InChI is InChI=1S/C20H31N5OS/c1-15-11-16(2)25(22-15)13-18(26)24-8-6-7-23(9-10-24)12-17-14-27-19(21-17)20(3,4)5/h11,14H,6-10,12-13H2,1-5H3. The van der Waals surface area contributed by atoms with E-state index in [1.54, 1.807) is 11.3 Å². The highest BCUT2D eigenvalue weighted by Gasteiger charge is 2.22. The zero-order chi connectivity index (χ0) is 19.6. The first-order valence-electron chi connectivity index (χ1n) is 9.68. The Morgan fingerprint density at radius 1 is 1.19 bits per heavy atom. The average molecular weight is 390 g/mol. The quantitative estimate of drug-likeness (QED) is 0.807. The van der Waals surface area contributed by atoms with E-state index in [1.165, 1.54) is 5.01 Å². The lowest BCUT2D eigenvalue weighted by molar-refractivity contribution is -0.131. The van der Waals surface area contributed by atoms with E-state index >= 15 is 0 Å². The van der Waals surface area contributed by atoms with E-state index < -0.39 is 0 Å². The van der Waals surface area contributed by atoms with E-state index in [9.17, 15) is 4.79 Å². The van der Waals surface area contributed by atoms with Crippen LogP contribution < -0.4 is 0 Å². The first-order valence-corrected chi connectivity index (χ1v) is 10.6. The maximum atomic E-state index is 12.7. The number of aryl methyl sites for hydroxylation is 2. The van der Waals surface area contributed by atoms with Crippen molar-refractivity contribution in [2.24, 2.45) is 0 Å². The van der Waals surface area contributed by atoms with Gasteiger partial charge in [-0.15, -0.1) is 11.3 Å². The Kier molecular flexibility index (Phi) is 6.01. The fourth-order valence-electron chi connectivity index (χ4n) is 3.39. The van der Waals surface area contributed by atoms with Crippen molar-refractivity contribution in [3.05, 3.63) is 33.5 Å². The summed E-state index contributed by atoms with van der Waals surface area (Å²) >= 11 is 1.75. The van der Waals surface area contributed by atoms with Gasteiger partial charge in [-0.05, 0) is 26.3 Å². The molecule has 1 aliphatic heterocycles. The smallest absolute Gasteiger partial charge is 0.244 e. The van der Waals surface area contributed by atoms with Crippen LogP contribution in [0.4, 0.5) is 0 Å². The van der Waals surface area contributed by atoms with Gasteiger partial charge < -0.3 is 4.90 Å². The first-order chi connectivity index (χ1) is 12.7. The Morgan fingerprint density at radius 2 is 1.96 bits per heavy atom. The van der Waals surface area contributed by atoms with Gasteiger partial charge in [0.1, 0.15) is 6.54 Å². The van der Waals surface area contributed by atoms with Gasteiger partial charge in [-0.25, -0.2) is 4.98 Å². The molecule has 2 aromatic heterocycles. The molecule has 0 radical (unpaired) electrons. The second kappa shape index (κ2) is 8.10. The predicted molar refractivity (Wildman–Crippen MR) is 109 cm³/mol. The van der Waals surface area contributed by atoms with Gasteiger partial charge >= 0.3 is 0 Å². The van der Waals surface area contributed by atoms with Crippen LogP contribution in [-0.2, 0) is 23.3 Å². The molecule has 7 heteroatoms. The molecule has 27 heavy (non-hydrogen) atoms. The number of aromatic nitrogens is 3. The van der Waals surface area contributed by atoms with Crippen LogP contribution in [0.15, 0.2) is 11.4 Å². The van der Waals surface area contributed by atoms with Gasteiger partial charge in [-0.2, -0.15) is 5.10 Å². The molecule has 1 amide bonds. The molecule has 0 saturated carbocycles. The highest BCUT2D eigenvalue weighted by molar-refractivity contribution is 7.09. The summed E-state index contributed by atoms with van der Waals surface area (Å²) in [4.78, 5) is 21.9. The van der Waals surface area contributed by atoms with Crippen molar-refractivity contribution in [2.75, 3.05) is 26.2 Å². The highest BCUT2D eigenvalue weighted by Crippen LogP contribution is 2.26. The van der Waals surface area contributed by atoms with Gasteiger partial charge in [0.15, 0.2) is 0 Å². The van der Waals surface area contributed by atoms with Crippen LogP contribution >= 0.6 is 11.3 Å². The van der Waals surface area contributed by atoms with E-state index in [0.717, 1.165) is 56.2 Å². The Bertz CT molecular complexity index is 789. The minimum atomic E-state index is 0.105. The SMILES string of the molecule is Cc1cc(C)n(CC(=O)N2CCCN(Cc3csc(C(C)(C)C)n3)CC2)n1. The number of rotatable bonds is 4. The zero-order valence-corrected chi connectivity index (χ0v) is 18.0. The lowest BCUT2D eigenvalue weighted by Crippen LogP contribution is -2.37. The maximum Gasteiger partial charge on any atom is 0.244 e. The molecule has 0 N–H and O–H groups in total. The molecule has 6 nitrogen and oxygen atoms in total. The highest BCUT2D eigenvalue weighted by atomic mass is 32.1. The molecule has 0 atom stereocenters. The van der Waals surface area contributed by atoms with E-state index in [4.69, 9.17) is 4.98 Å². The van der Waals surface area contributed by atoms with E-state index in [0.29, 0.717) is 6.54 Å². The normalized spacial score (nSPS) is 16.6. The number of carbonyl (C=O) groups is 1. The second-order valence-electron chi connectivity index (χ2n) is 8.49. The third kappa shape index (κ3) is 5.17. The molecule has 0 bridgehead atoms. The van der Waals surface area contributed by atoms with Gasteiger partial charge in [0.05, 0.1) is 16.4 Å². The number of hydrogen-bond donors (Lipinski definition) is 0. The molecule has 0 aliphatic carbocycles. The Morgan fingerprint density at radius 3 is 2.59 bits per heavy atom. The summed E-state index contributed by atoms with van der Waals surface area (Å²) in [5.41, 5.74) is 3.25. The van der Waals surface area contributed by atoms with E-state index in [1.807, 2.05) is 29.5 Å². The predicted octanol–water partition coefficient (Wildman–Crippen LogP) is 2.99. The van der Waals surface area contributed by atoms with Gasteiger partial charge in [0.25, 0.3) is 0 Å². The minimum absolute atomic E-state index is 0.105. The fraction of sp³-hybridized carbons (Fsp3) is 0.650. The molecular formula is C20H31N5OS. The van der Waals surface area contributed by atoms with E-state index in [-0.39, 0.29) is 11.3 Å². The van der Waals surface area contributed by atoms with E-state index in [2.05, 4.69) is 36.1 Å². The molecule has 3 heterocycles. The molecular weight excluding hydrogens is 358 g/mol. The summed E-state index contributed by atoms with van der Waals surface area (Å²) in [6.45, 7) is 15.3. The number of nitrogens with zero attached hydrogens (tertiary/aromatic N) is 5. The van der Waals surface area contributed by atoms with Crippen LogP contribution in [0.1, 0.15) is 49.3 Å². The molecule has 1 fully saturated rings. The fourth-order valence-corrected chi connectivity index (χ4v) is 4.29. The van der Waals surface area contributed by atoms with Crippen molar-refractivity contribution in [1.29, 1.82) is 0 Å². The third-order valence-electron chi connectivity index (χ3n) is 4.91. The lowest BCUT2D eigenvalue weighted by Gasteiger charge is -2.22. The average Bonchev–Trinajstić information content (AvgIpc) is 3.08. The molecule has 2 aromatic rings. The monoisotopic (exact) mass is 389 g/mol. The molecule has 3 rings (SSSR count). The van der Waals surface area contributed by atoms with Crippen molar-refractivity contribution in [1.82, 2.24) is 24.6 Å². The number of carbonyl (C=O) groups excluding carboxylic acids is 1. The van der Waals surface area contributed by atoms with Crippen LogP contribution in [0, 0.1) is 13.8 Å². The topological polar surface area (TPSA) is 54.3 Å². The Hall–Kier alpha value is -1.73. The van der Waals surface area contributed by atoms with Crippen molar-refractivity contribution in [2.45, 2.75) is 59.5 Å². The third-order valence-corrected chi connectivity index (χ3v) is 6.23. The molecule has 0 aromatic carbocycles. The summed E-state index contributed by atoms with van der Waals surface area (Å²) < 4.78 is 1.81. The summed E-state index contributed by atoms with van der Waals surface area (Å²) in [5.74, 6) is 0.159. The lowest BCUT2D eigenvalue weighted by atomic mass is 9.98. The molecule has 1 saturated heterocycles. The summed E-state index contributed by atoms with van der Waals surface area (Å²) in [7, 11) is 0. The molecule has 1 aliphatic rings. The first kappa shape index (κ1) is 20.0. The van der Waals surface area contributed by atoms with Crippen molar-refractivity contribution in [3.8, 4) is 0 Å². The Balaban J connectivity index is 1.54. The van der Waals surface area contributed by atoms with Crippen molar-refractivity contribution >= 4 is 17.2 Å². The summed E-state index contributed by atoms with van der Waals surface area (Å²) in [6, 6.07) is 2.01. The molecule has 0 spiro atoms. The molecule has 0 unspecified atom stereocenters. The zero-order valence-electron chi connectivity index (χ0n) is 17.2. The van der Waals surface area contributed by atoms with Gasteiger partial charge in [0, 0.05) is 49.2 Å². The van der Waals surface area contributed by atoms with Crippen LogP contribution in [0.25, 0.3) is 0 Å². The number of amides is 1. The summed E-state index contributed by atoms with van der Waals surface area (Å²) in [5, 5.41) is 7.78. The number of thiazole rings is 1. The largest absolute Gasteiger partial charge is 0.340 e. The summed E-state index contributed by atoms with van der Waals surface area (Å²) in [6.07, 6.45) is 0.999. The van der Waals surface area contributed by atoms with Crippen LogP contribution in [-0.4, -0.2) is 56.7 Å². The van der Waals surface area contributed by atoms with Crippen LogP contribution in [0.5, 0.6) is 0 Å². The van der Waals surface area contributed by atoms with Gasteiger partial charge in [-0.1, -0.05) is 20.8 Å². The second-order valence-corrected chi connectivity index (χ2v) is 9.35. The van der Waals surface area contributed by atoms with Crippen molar-refractivity contribution < 1.29 is 4.79 Å². The van der Waals surface area contributed by atoms with Crippen LogP contribution in [0.3, 0.4) is 0 Å². The maximum absolute atomic E-state index is 12.7. The number of hydrogen-bond acceptors (Lipinski definition) is 5. The Labute approximate surface area is 166 Å². The van der Waals surface area contributed by atoms with Crippen molar-refractivity contribution in [3.63, 3.8) is 0 Å². The van der Waals surface area contributed by atoms with Gasteiger partial charge in [-0.3, -0.25) is 14.4 Å². The minimum Gasteiger partial charge on any atom is -0.340 e. The van der Waals surface area contributed by atoms with Crippen LogP contribution in [0.2, 0.25) is 0 Å².